The second-order valence-electron chi connectivity index (χ2n) is 20.6. The van der Waals surface area contributed by atoms with E-state index in [2.05, 4.69) is 53.4 Å². The summed E-state index contributed by atoms with van der Waals surface area (Å²) >= 11 is 0. The van der Waals surface area contributed by atoms with Gasteiger partial charge in [0, 0.05) is 18.4 Å². The Hall–Kier alpha value is -2.83. The summed E-state index contributed by atoms with van der Waals surface area (Å²) in [6.45, 7) is 31.5. The van der Waals surface area contributed by atoms with Crippen molar-refractivity contribution in [2.45, 2.75) is 179 Å². The van der Waals surface area contributed by atoms with E-state index in [1.165, 1.54) is 31.3 Å². The number of benzene rings is 1. The number of carbonyl (C=O) groups is 3. The summed E-state index contributed by atoms with van der Waals surface area (Å²) in [5.41, 5.74) is 2.06. The average Bonchev–Trinajstić information content (AvgIpc) is 3.53. The molecule has 322 valence electrons. The predicted molar refractivity (Wildman–Crippen MR) is 232 cm³/mol. The molecule has 1 aromatic rings. The highest BCUT2D eigenvalue weighted by atomic mass is 16.5. The monoisotopic (exact) mass is 792 g/mol. The van der Waals surface area contributed by atoms with Crippen molar-refractivity contribution >= 4 is 17.8 Å². The summed E-state index contributed by atoms with van der Waals surface area (Å²) in [4.78, 5) is 38.5. The number of aliphatic carboxylic acids is 1. The molecule has 0 aliphatic heterocycles. The Morgan fingerprint density at radius 1 is 0.860 bits per heavy atom. The van der Waals surface area contributed by atoms with Gasteiger partial charge in [-0.15, -0.1) is 0 Å². The van der Waals surface area contributed by atoms with Crippen LogP contribution in [-0.2, 0) is 25.7 Å². The van der Waals surface area contributed by atoms with Crippen molar-refractivity contribution in [2.75, 3.05) is 7.11 Å². The van der Waals surface area contributed by atoms with Crippen molar-refractivity contribution in [1.29, 1.82) is 0 Å². The minimum absolute atomic E-state index is 0.0134. The van der Waals surface area contributed by atoms with E-state index in [1.54, 1.807) is 7.11 Å². The number of amides is 1. The minimum Gasteiger partial charge on any atom is -0.497 e. The van der Waals surface area contributed by atoms with Crippen molar-refractivity contribution in [2.24, 2.45) is 62.1 Å². The number of carbonyl (C=O) groups excluding carboxylic acids is 2. The number of methoxy groups -OCH3 is 1. The van der Waals surface area contributed by atoms with Gasteiger partial charge in [0.1, 0.15) is 11.9 Å². The fraction of sp³-hybridized carbons (Fsp3) is 0.780. The maximum atomic E-state index is 13.8. The van der Waals surface area contributed by atoms with Crippen LogP contribution in [0.15, 0.2) is 36.4 Å². The Labute approximate surface area is 347 Å². The molecule has 3 unspecified atom stereocenters. The molecule has 7 heteroatoms. The third-order valence-electron chi connectivity index (χ3n) is 16.8. The van der Waals surface area contributed by atoms with Crippen LogP contribution in [-0.4, -0.2) is 36.2 Å². The molecule has 5 aliphatic rings. The molecule has 5 saturated carbocycles. The lowest BCUT2D eigenvalue weighted by Crippen LogP contribution is -2.67. The maximum Gasteiger partial charge on any atom is 0.306 e. The van der Waals surface area contributed by atoms with Crippen LogP contribution in [0.3, 0.4) is 0 Å². The Bertz CT molecular complexity index is 1600. The van der Waals surface area contributed by atoms with Gasteiger partial charge in [-0.05, 0) is 145 Å². The number of hydrogen-bond acceptors (Lipinski definition) is 5. The smallest absolute Gasteiger partial charge is 0.306 e. The molecule has 5 fully saturated rings. The van der Waals surface area contributed by atoms with Crippen LogP contribution >= 0.6 is 0 Å². The minimum atomic E-state index is -0.886. The van der Waals surface area contributed by atoms with Gasteiger partial charge in [-0.25, -0.2) is 0 Å². The van der Waals surface area contributed by atoms with Gasteiger partial charge in [-0.1, -0.05) is 100 Å². The first-order valence-electron chi connectivity index (χ1n) is 22.7. The fourth-order valence-corrected chi connectivity index (χ4v) is 14.2. The molecular weight excluding hydrogens is 711 g/mol. The summed E-state index contributed by atoms with van der Waals surface area (Å²) < 4.78 is 11.7. The summed E-state index contributed by atoms with van der Waals surface area (Å²) in [5, 5.41) is 12.6. The van der Waals surface area contributed by atoms with Crippen LogP contribution in [0.1, 0.15) is 172 Å². The van der Waals surface area contributed by atoms with Gasteiger partial charge in [0.05, 0.1) is 20.0 Å². The number of esters is 1. The first-order chi connectivity index (χ1) is 26.7. The lowest BCUT2D eigenvalue weighted by atomic mass is 9.32. The number of nitrogens with one attached hydrogen (secondary N) is 1. The topological polar surface area (TPSA) is 102 Å². The number of rotatable bonds is 11. The van der Waals surface area contributed by atoms with Gasteiger partial charge in [0.25, 0.3) is 0 Å². The van der Waals surface area contributed by atoms with E-state index in [0.717, 1.165) is 49.8 Å². The number of carboxylic acid groups (broad SMARTS) is 1. The highest BCUT2D eigenvalue weighted by molar-refractivity contribution is 5.77. The molecule has 0 bridgehead atoms. The van der Waals surface area contributed by atoms with Gasteiger partial charge >= 0.3 is 11.9 Å². The number of hydrogen-bond donors (Lipinski definition) is 2. The average molecular weight is 792 g/mol. The SMILES string of the molecule is C=C(C)[C@@H]1CC[C@]2(CC(=O)NCc3cccc(OC)c3)CC[C@]3(C)[C@H](CCC4[C@@]5(C)CC[C@H](OC(=O)CC(C)(C)CC(=O)O)C(C)(C)C5CC[C@]43C)C12.CC.CC. The molecule has 0 radical (unpaired) electrons. The van der Waals surface area contributed by atoms with Crippen LogP contribution in [0.2, 0.25) is 0 Å². The first kappa shape index (κ1) is 46.9. The number of fused-ring (bicyclic) bond motifs is 7. The van der Waals surface area contributed by atoms with E-state index < -0.39 is 11.4 Å². The molecule has 0 aromatic heterocycles. The normalized spacial score (nSPS) is 36.2. The Balaban J connectivity index is 0.00000174. The quantitative estimate of drug-likeness (QED) is 0.171. The van der Waals surface area contributed by atoms with Crippen LogP contribution in [0.4, 0.5) is 0 Å². The predicted octanol–water partition coefficient (Wildman–Crippen LogP) is 12.2. The maximum absolute atomic E-state index is 13.8. The molecule has 57 heavy (non-hydrogen) atoms. The Morgan fingerprint density at radius 2 is 1.54 bits per heavy atom. The van der Waals surface area contributed by atoms with Crippen LogP contribution in [0, 0.1) is 62.1 Å². The molecule has 0 spiro atoms. The van der Waals surface area contributed by atoms with Gasteiger partial charge < -0.3 is 19.9 Å². The third-order valence-corrected chi connectivity index (χ3v) is 16.8. The Kier molecular flexibility index (Phi) is 14.6. The highest BCUT2D eigenvalue weighted by Gasteiger charge is 2.71. The number of ether oxygens (including phenoxy) is 2. The van der Waals surface area contributed by atoms with Gasteiger partial charge in [0.2, 0.25) is 5.91 Å². The Morgan fingerprint density at radius 3 is 2.18 bits per heavy atom. The highest BCUT2D eigenvalue weighted by Crippen LogP contribution is 2.78. The van der Waals surface area contributed by atoms with Gasteiger partial charge in [-0.2, -0.15) is 0 Å². The number of allylic oxidation sites excluding steroid dienone is 1. The molecule has 0 heterocycles. The molecule has 5 aliphatic carbocycles. The van der Waals surface area contributed by atoms with Crippen LogP contribution < -0.4 is 10.1 Å². The van der Waals surface area contributed by atoms with E-state index >= 15 is 0 Å². The van der Waals surface area contributed by atoms with E-state index in [4.69, 9.17) is 9.47 Å². The first-order valence-corrected chi connectivity index (χ1v) is 22.7. The zero-order chi connectivity index (χ0) is 42.8. The molecule has 10 atom stereocenters. The van der Waals surface area contributed by atoms with Crippen molar-refractivity contribution in [3.63, 3.8) is 0 Å². The van der Waals surface area contributed by atoms with Crippen LogP contribution in [0.5, 0.6) is 5.75 Å². The van der Waals surface area contributed by atoms with E-state index in [-0.39, 0.29) is 57.9 Å². The van der Waals surface area contributed by atoms with Crippen molar-refractivity contribution < 1.29 is 29.0 Å². The molecule has 6 rings (SSSR count). The molecule has 1 amide bonds. The van der Waals surface area contributed by atoms with Crippen LogP contribution in [0.25, 0.3) is 0 Å². The third kappa shape index (κ3) is 8.75. The summed E-state index contributed by atoms with van der Waals surface area (Å²) in [7, 11) is 1.67. The van der Waals surface area contributed by atoms with Crippen molar-refractivity contribution in [3.05, 3.63) is 42.0 Å². The zero-order valence-electron chi connectivity index (χ0n) is 38.4. The number of carboxylic acids is 1. The van der Waals surface area contributed by atoms with E-state index in [0.29, 0.717) is 42.6 Å². The summed E-state index contributed by atoms with van der Waals surface area (Å²) in [5.74, 6) is 2.35. The summed E-state index contributed by atoms with van der Waals surface area (Å²) in [6.07, 6.45) is 11.6. The molecule has 1 aromatic carbocycles. The standard InChI is InChI=1S/C46H69NO6.2C2H6/c1-29(2)32-16-21-46(25-37(48)47-28-30-12-11-13-31(24-30)52-10)23-22-44(8)33(40(32)46)14-15-35-43(7)19-18-36(42(5,6)34(43)17-20-45(35,44)9)53-39(51)27-41(3,4)26-38(49)50;2*1-2/h11-13,24,32-36,40H,1,14-23,25-28H2,2-10H3,(H,47,48)(H,49,50);2*1-2H3/t32-,33+,34?,35?,36-,40?,43-,44+,45+,46+;;/m0../s1. The fourth-order valence-electron chi connectivity index (χ4n) is 14.2. The van der Waals surface area contributed by atoms with Gasteiger partial charge in [-0.3, -0.25) is 14.4 Å². The second kappa shape index (κ2) is 17.8. The van der Waals surface area contributed by atoms with E-state index in [1.807, 2.05) is 65.8 Å². The lowest BCUT2D eigenvalue weighted by Gasteiger charge is -2.73. The second-order valence-corrected chi connectivity index (χ2v) is 20.6. The molecule has 2 N–H and O–H groups in total. The molecule has 0 saturated heterocycles. The molecule has 7 nitrogen and oxygen atoms in total. The van der Waals surface area contributed by atoms with Gasteiger partial charge in [0.15, 0.2) is 0 Å². The van der Waals surface area contributed by atoms with E-state index in [9.17, 15) is 19.5 Å². The zero-order valence-corrected chi connectivity index (χ0v) is 38.4. The summed E-state index contributed by atoms with van der Waals surface area (Å²) in [6, 6.07) is 7.96. The van der Waals surface area contributed by atoms with Crippen molar-refractivity contribution in [3.8, 4) is 5.75 Å². The van der Waals surface area contributed by atoms with Crippen molar-refractivity contribution in [1.82, 2.24) is 5.32 Å². The molecular formula is C50H81NO6. The lowest BCUT2D eigenvalue weighted by molar-refractivity contribution is -0.250. The largest absolute Gasteiger partial charge is 0.497 e.